The number of rotatable bonds is 6. The van der Waals surface area contributed by atoms with E-state index in [1.54, 1.807) is 10.3 Å². The Morgan fingerprint density at radius 1 is 0.500 bits per heavy atom. The van der Waals surface area contributed by atoms with Gasteiger partial charge in [-0.05, 0) is 73.0 Å². The summed E-state index contributed by atoms with van der Waals surface area (Å²) in [7, 11) is 0. The fraction of sp³-hybridized carbons (Fsp3) is 0. The van der Waals surface area contributed by atoms with Crippen LogP contribution in [0.1, 0.15) is 41.4 Å². The van der Waals surface area contributed by atoms with Crippen LogP contribution in [0.3, 0.4) is 0 Å². The predicted molar refractivity (Wildman–Crippen MR) is 153 cm³/mol. The number of hydrogen-bond donors (Lipinski definition) is 6. The quantitative estimate of drug-likeness (QED) is 0.0898. The molecule has 4 rings (SSSR count). The Morgan fingerprint density at radius 3 is 0.795 bits per heavy atom. The number of isothiocyanates is 2. The van der Waals surface area contributed by atoms with E-state index in [-0.39, 0.29) is 61.2 Å². The van der Waals surface area contributed by atoms with E-state index in [2.05, 4.69) is 44.4 Å². The number of carboxylic acid groups (broad SMARTS) is 4. The van der Waals surface area contributed by atoms with Gasteiger partial charge in [-0.25, -0.2) is 30.0 Å². The van der Waals surface area contributed by atoms with Gasteiger partial charge in [-0.1, -0.05) is 0 Å². The number of carboxylic acids is 4. The Morgan fingerprint density at radius 2 is 0.659 bits per heavy atom. The molecule has 0 amide bonds. The van der Waals surface area contributed by atoms with Crippen LogP contribution in [0.4, 0.5) is 0 Å². The third kappa shape index (κ3) is 14.0. The summed E-state index contributed by atoms with van der Waals surface area (Å²) in [5.74, 6) is -4.30. The zero-order valence-electron chi connectivity index (χ0n) is 21.7. The first-order valence-electron chi connectivity index (χ1n) is 10.8. The van der Waals surface area contributed by atoms with Gasteiger partial charge in [0.25, 0.3) is 0 Å². The summed E-state index contributed by atoms with van der Waals surface area (Å²) < 4.78 is 0. The van der Waals surface area contributed by atoms with E-state index >= 15 is 0 Å². The van der Waals surface area contributed by atoms with Crippen molar-refractivity contribution in [1.29, 1.82) is 10.8 Å². The minimum absolute atomic E-state index is 0. The third-order valence-electron chi connectivity index (χ3n) is 4.55. The van der Waals surface area contributed by atoms with Crippen LogP contribution in [0.15, 0.2) is 73.3 Å². The Bertz CT molecular complexity index is 1450. The van der Waals surface area contributed by atoms with Crippen molar-refractivity contribution in [2.24, 2.45) is 0 Å². The fourth-order valence-corrected chi connectivity index (χ4v) is 2.81. The van der Waals surface area contributed by atoms with Gasteiger partial charge in [-0.3, -0.25) is 19.9 Å². The monoisotopic (exact) mass is 810 g/mol. The van der Waals surface area contributed by atoms with Crippen LogP contribution >= 0.6 is 24.4 Å². The van der Waals surface area contributed by atoms with Crippen molar-refractivity contribution >= 4 is 58.6 Å². The zero-order valence-corrected chi connectivity index (χ0v) is 26.8. The summed E-state index contributed by atoms with van der Waals surface area (Å²) in [6.45, 7) is 0. The Balaban J connectivity index is 0. The average molecular weight is 809 g/mol. The number of carbonyl (C=O) groups is 4. The van der Waals surface area contributed by atoms with Gasteiger partial charge in [-0.15, -0.1) is 0 Å². The van der Waals surface area contributed by atoms with Crippen molar-refractivity contribution in [2.75, 3.05) is 0 Å². The van der Waals surface area contributed by atoms with Gasteiger partial charge in [0, 0.05) is 24.8 Å². The molecule has 0 aromatic carbocycles. The summed E-state index contributed by atoms with van der Waals surface area (Å²) in [6, 6.07) is 10.8. The summed E-state index contributed by atoms with van der Waals surface area (Å²) >= 11 is 7.62. The van der Waals surface area contributed by atoms with E-state index in [0.717, 1.165) is 0 Å². The maximum atomic E-state index is 10.8. The van der Waals surface area contributed by atoms with Gasteiger partial charge in [-0.2, -0.15) is 0 Å². The fourth-order valence-electron chi connectivity index (χ4n) is 2.81. The molecule has 4 aromatic rings. The largest absolute Gasteiger partial charge is 2.00 e. The second kappa shape index (κ2) is 21.9. The van der Waals surface area contributed by atoms with E-state index in [4.69, 9.17) is 31.2 Å². The van der Waals surface area contributed by atoms with Gasteiger partial charge in [0.15, 0.2) is 0 Å². The predicted octanol–water partition coefficient (Wildman–Crippen LogP) is 4.41. The maximum absolute atomic E-state index is 10.8. The minimum Gasteiger partial charge on any atom is -0.478 e. The van der Waals surface area contributed by atoms with Crippen LogP contribution in [-0.4, -0.2) is 74.6 Å². The molecule has 0 fully saturated rings. The van der Waals surface area contributed by atoms with Crippen LogP contribution in [0, 0.1) is 10.8 Å². The molecule has 0 bridgehead atoms. The molecule has 0 saturated heterocycles. The summed E-state index contributed by atoms with van der Waals surface area (Å²) in [4.78, 5) is 59.2. The number of pyridine rings is 4. The second-order valence-corrected chi connectivity index (χ2v) is 7.55. The molecule has 14 nitrogen and oxygen atoms in total. The van der Waals surface area contributed by atoms with E-state index in [1.165, 1.54) is 73.3 Å². The van der Waals surface area contributed by atoms with Crippen molar-refractivity contribution in [1.82, 2.24) is 19.9 Å². The molecule has 0 aliphatic rings. The smallest absolute Gasteiger partial charge is 0.478 e. The molecule has 4 aromatic heterocycles. The first kappa shape index (κ1) is 41.5. The van der Waals surface area contributed by atoms with Crippen LogP contribution in [0.5, 0.6) is 0 Å². The molecular formula is C26H18N6O8Ru2S2+4. The van der Waals surface area contributed by atoms with Crippen LogP contribution < -0.4 is 0 Å². The molecule has 0 saturated carbocycles. The average Bonchev–Trinajstić information content (AvgIpc) is 2.98. The molecule has 224 valence electrons. The zero-order chi connectivity index (χ0) is 31.7. The normalized spacial score (nSPS) is 8.55. The van der Waals surface area contributed by atoms with Crippen molar-refractivity contribution in [3.05, 3.63) is 95.6 Å². The van der Waals surface area contributed by atoms with Crippen LogP contribution in [0.25, 0.3) is 22.8 Å². The van der Waals surface area contributed by atoms with Crippen molar-refractivity contribution in [3.8, 4) is 22.8 Å². The molecule has 4 heterocycles. The number of nitrogens with zero attached hydrogens (tertiary/aromatic N) is 4. The topological polar surface area (TPSA) is 248 Å². The van der Waals surface area contributed by atoms with E-state index in [0.29, 0.717) is 22.8 Å². The molecule has 0 unspecified atom stereocenters. The van der Waals surface area contributed by atoms with Gasteiger partial charge in [0.1, 0.15) is 0 Å². The van der Waals surface area contributed by atoms with Gasteiger partial charge >= 0.3 is 62.8 Å². The van der Waals surface area contributed by atoms with Crippen molar-refractivity contribution in [3.63, 3.8) is 0 Å². The third-order valence-corrected chi connectivity index (χ3v) is 4.55. The number of thiocarbonyl (C=S) groups is 2. The number of aromatic nitrogens is 4. The molecule has 0 aliphatic carbocycles. The Labute approximate surface area is 284 Å². The molecule has 0 radical (unpaired) electrons. The van der Waals surface area contributed by atoms with Gasteiger partial charge in [0.05, 0.1) is 55.4 Å². The Hall–Kier alpha value is -4.67. The Kier molecular flexibility index (Phi) is 20.7. The summed E-state index contributed by atoms with van der Waals surface area (Å²) in [5.41, 5.74) is 1.56. The molecule has 6 N–H and O–H groups in total. The molecule has 0 aliphatic heterocycles. The molecular weight excluding hydrogens is 791 g/mol. The van der Waals surface area contributed by atoms with E-state index < -0.39 is 23.9 Å². The van der Waals surface area contributed by atoms with Gasteiger partial charge in [0.2, 0.25) is 0 Å². The summed E-state index contributed by atoms with van der Waals surface area (Å²) in [5, 5.41) is 50.1. The number of nitrogens with one attached hydrogen (secondary N) is 2. The first-order valence-corrected chi connectivity index (χ1v) is 11.7. The van der Waals surface area contributed by atoms with Gasteiger partial charge < -0.3 is 20.4 Å². The second-order valence-electron chi connectivity index (χ2n) is 7.14. The molecule has 0 spiro atoms. The molecule has 0 atom stereocenters. The van der Waals surface area contributed by atoms with Crippen molar-refractivity contribution in [2.45, 2.75) is 0 Å². The number of hydrogen-bond acceptors (Lipinski definition) is 12. The first-order chi connectivity index (χ1) is 20.0. The van der Waals surface area contributed by atoms with Crippen LogP contribution in [0.2, 0.25) is 0 Å². The number of aromatic carboxylic acids is 4. The molecule has 44 heavy (non-hydrogen) atoms. The summed E-state index contributed by atoms with van der Waals surface area (Å²) in [6.07, 6.45) is 5.36. The standard InChI is InChI=1S/2C12H8N2O4.2CHNS.2Ru/c2*15-11(16)7-1-3-13-9(5-7)10-6-8(12(17)18)2-4-14-10;2*2-1-3;;/h2*1-6H,(H,15,16)(H,17,18);2*2H;;/q;;;;2*+2. The van der Waals surface area contributed by atoms with Crippen molar-refractivity contribution < 1.29 is 78.6 Å². The van der Waals surface area contributed by atoms with E-state index in [1.807, 2.05) is 0 Å². The van der Waals surface area contributed by atoms with E-state index in [9.17, 15) is 19.2 Å². The minimum atomic E-state index is -1.08. The SMILES string of the molecule is N=C=S.N=C=S.O=C(O)c1ccnc(-c2cc(C(=O)O)ccn2)c1.O=C(O)c1ccnc(-c2cc(C(=O)O)ccn2)c1.[Ru+2].[Ru+2]. The molecule has 18 heteroatoms. The van der Waals surface area contributed by atoms with Crippen LogP contribution in [-0.2, 0) is 39.0 Å². The maximum Gasteiger partial charge on any atom is 2.00 e.